The van der Waals surface area contributed by atoms with E-state index in [4.69, 9.17) is 15.6 Å². The van der Waals surface area contributed by atoms with Crippen LogP contribution in [0.5, 0.6) is 0 Å². The highest BCUT2D eigenvalue weighted by atomic mass is 32.1. The van der Waals surface area contributed by atoms with E-state index in [1.165, 1.54) is 11.3 Å². The largest absolute Gasteiger partial charge is 0.483 e. The van der Waals surface area contributed by atoms with Gasteiger partial charge in [-0.05, 0) is 14.0 Å². The van der Waals surface area contributed by atoms with Crippen molar-refractivity contribution in [1.29, 1.82) is 0 Å². The van der Waals surface area contributed by atoms with Crippen LogP contribution in [0.4, 0.5) is 5.13 Å². The number of anilines is 1. The molecule has 0 saturated carbocycles. The Kier molecular flexibility index (Phi) is 8.45. The third-order valence-electron chi connectivity index (χ3n) is 3.59. The van der Waals surface area contributed by atoms with Gasteiger partial charge in [-0.25, -0.2) is 0 Å². The molecule has 1 fully saturated rings. The highest BCUT2D eigenvalue weighted by Gasteiger charge is 2.23. The van der Waals surface area contributed by atoms with Crippen molar-refractivity contribution in [3.8, 4) is 0 Å². The summed E-state index contributed by atoms with van der Waals surface area (Å²) in [4.78, 5) is 25.0. The molecule has 1 saturated heterocycles. The van der Waals surface area contributed by atoms with Gasteiger partial charge in [-0.1, -0.05) is 11.3 Å². The fourth-order valence-electron chi connectivity index (χ4n) is 2.18. The minimum Gasteiger partial charge on any atom is -0.483 e. The molecule has 4 N–H and O–H groups in total. The molecular weight excluding hydrogens is 320 g/mol. The summed E-state index contributed by atoms with van der Waals surface area (Å²) in [7, 11) is 2.11. The van der Waals surface area contributed by atoms with E-state index in [2.05, 4.69) is 32.4 Å². The second kappa shape index (κ2) is 10.1. The van der Waals surface area contributed by atoms with Gasteiger partial charge in [0, 0.05) is 39.1 Å². The van der Waals surface area contributed by atoms with Crippen LogP contribution in [0.15, 0.2) is 0 Å². The van der Waals surface area contributed by atoms with Crippen molar-refractivity contribution in [2.75, 3.05) is 45.5 Å². The van der Waals surface area contributed by atoms with Crippen LogP contribution < -0.4 is 11.1 Å². The molecule has 23 heavy (non-hydrogen) atoms. The van der Waals surface area contributed by atoms with Crippen molar-refractivity contribution in [2.45, 2.75) is 19.4 Å². The zero-order valence-electron chi connectivity index (χ0n) is 13.4. The summed E-state index contributed by atoms with van der Waals surface area (Å²) in [6.45, 7) is 6.20. The van der Waals surface area contributed by atoms with Gasteiger partial charge in [0.1, 0.15) is 5.01 Å². The zero-order chi connectivity index (χ0) is 17.2. The molecule has 2 rings (SSSR count). The van der Waals surface area contributed by atoms with Gasteiger partial charge < -0.3 is 21.1 Å². The third-order valence-corrected chi connectivity index (χ3v) is 4.40. The van der Waals surface area contributed by atoms with E-state index in [1.54, 1.807) is 0 Å². The lowest BCUT2D eigenvalue weighted by molar-refractivity contribution is -0.126. The normalized spacial score (nSPS) is 17.0. The number of carbonyl (C=O) groups excluding carboxylic acids is 1. The summed E-state index contributed by atoms with van der Waals surface area (Å²) in [5, 5.41) is 18.9. The summed E-state index contributed by atoms with van der Waals surface area (Å²) >= 11 is 1.36. The van der Waals surface area contributed by atoms with Crippen LogP contribution in [0.3, 0.4) is 0 Å². The summed E-state index contributed by atoms with van der Waals surface area (Å²) in [6, 6.07) is -0.0804. The van der Waals surface area contributed by atoms with Crippen LogP contribution in [0.25, 0.3) is 0 Å². The minimum atomic E-state index is -0.250. The molecule has 0 bridgehead atoms. The minimum absolute atomic E-state index is 0.0760. The molecular formula is C13H24N6O3S. The Balaban J connectivity index is 0.000000816. The lowest BCUT2D eigenvalue weighted by Crippen LogP contribution is -2.53. The number of hydrogen-bond donors (Lipinski definition) is 3. The SMILES string of the molecule is CC(C(=O)NCCc1nnc(N)s1)N1CCN(C)CC1.O=CO. The molecule has 1 aromatic heterocycles. The standard InChI is InChI=1S/C12H22N6OS.CH2O2/c1-9(18-7-5-17(2)6-8-18)11(19)14-4-3-10-15-16-12(13)20-10;2-1-3/h9H,3-8H2,1-2H3,(H2,13,16)(H,14,19);1H,(H,2,3). The van der Waals surface area contributed by atoms with Crippen molar-refractivity contribution in [1.82, 2.24) is 25.3 Å². The van der Waals surface area contributed by atoms with Gasteiger partial charge in [-0.2, -0.15) is 0 Å². The molecule has 1 aliphatic rings. The number of rotatable bonds is 5. The van der Waals surface area contributed by atoms with Crippen LogP contribution in [0.2, 0.25) is 0 Å². The number of nitrogens with zero attached hydrogens (tertiary/aromatic N) is 4. The fourth-order valence-corrected chi connectivity index (χ4v) is 2.79. The quantitative estimate of drug-likeness (QED) is 0.588. The summed E-state index contributed by atoms with van der Waals surface area (Å²) in [5.74, 6) is 0.0760. The molecule has 1 aliphatic heterocycles. The molecule has 10 heteroatoms. The van der Waals surface area contributed by atoms with Crippen LogP contribution in [-0.4, -0.2) is 83.3 Å². The Morgan fingerprint density at radius 1 is 1.43 bits per heavy atom. The highest BCUT2D eigenvalue weighted by molar-refractivity contribution is 7.15. The predicted octanol–water partition coefficient (Wildman–Crippen LogP) is -0.884. The van der Waals surface area contributed by atoms with Gasteiger partial charge in [0.05, 0.1) is 6.04 Å². The van der Waals surface area contributed by atoms with Crippen molar-refractivity contribution < 1.29 is 14.7 Å². The smallest absolute Gasteiger partial charge is 0.290 e. The monoisotopic (exact) mass is 344 g/mol. The van der Waals surface area contributed by atoms with E-state index < -0.39 is 0 Å². The molecule has 0 aliphatic carbocycles. The summed E-state index contributed by atoms with van der Waals surface area (Å²) in [5.41, 5.74) is 5.51. The maximum Gasteiger partial charge on any atom is 0.290 e. The van der Waals surface area contributed by atoms with Gasteiger partial charge >= 0.3 is 0 Å². The number of amides is 1. The lowest BCUT2D eigenvalue weighted by atomic mass is 10.2. The van der Waals surface area contributed by atoms with Crippen LogP contribution in [0.1, 0.15) is 11.9 Å². The Morgan fingerprint density at radius 3 is 2.57 bits per heavy atom. The van der Waals surface area contributed by atoms with Gasteiger partial charge in [0.15, 0.2) is 0 Å². The second-order valence-electron chi connectivity index (χ2n) is 5.20. The second-order valence-corrected chi connectivity index (χ2v) is 6.29. The number of carboxylic acid groups (broad SMARTS) is 1. The number of nitrogens with one attached hydrogen (secondary N) is 1. The third kappa shape index (κ3) is 6.89. The predicted molar refractivity (Wildman–Crippen MR) is 88.3 cm³/mol. The molecule has 1 amide bonds. The van der Waals surface area contributed by atoms with Crippen molar-refractivity contribution in [3.63, 3.8) is 0 Å². The van der Waals surface area contributed by atoms with Crippen LogP contribution in [0, 0.1) is 0 Å². The number of aromatic nitrogens is 2. The molecule has 1 atom stereocenters. The molecule has 1 aromatic rings. The maximum atomic E-state index is 12.1. The van der Waals surface area contributed by atoms with Gasteiger partial charge in [0.2, 0.25) is 11.0 Å². The molecule has 2 heterocycles. The van der Waals surface area contributed by atoms with Crippen molar-refractivity contribution in [2.24, 2.45) is 0 Å². The van der Waals surface area contributed by atoms with Crippen LogP contribution in [-0.2, 0) is 16.0 Å². The first-order valence-corrected chi connectivity index (χ1v) is 8.15. The molecule has 0 spiro atoms. The molecule has 0 radical (unpaired) electrons. The number of nitrogens with two attached hydrogens (primary N) is 1. The zero-order valence-corrected chi connectivity index (χ0v) is 14.3. The Labute approximate surface area is 139 Å². The summed E-state index contributed by atoms with van der Waals surface area (Å²) < 4.78 is 0. The van der Waals surface area contributed by atoms with E-state index in [0.29, 0.717) is 18.1 Å². The number of piperazine rings is 1. The number of nitrogen functional groups attached to an aromatic ring is 1. The number of hydrogen-bond acceptors (Lipinski definition) is 8. The van der Waals surface area contributed by atoms with E-state index >= 15 is 0 Å². The van der Waals surface area contributed by atoms with E-state index in [0.717, 1.165) is 31.2 Å². The first-order chi connectivity index (χ1) is 11.0. The van der Waals surface area contributed by atoms with Gasteiger partial charge in [-0.3, -0.25) is 14.5 Å². The first kappa shape index (κ1) is 19.3. The van der Waals surface area contributed by atoms with Crippen molar-refractivity contribution >= 4 is 28.8 Å². The molecule has 9 nitrogen and oxygen atoms in total. The summed E-state index contributed by atoms with van der Waals surface area (Å²) in [6.07, 6.45) is 0.677. The maximum absolute atomic E-state index is 12.1. The first-order valence-electron chi connectivity index (χ1n) is 7.34. The fraction of sp³-hybridized carbons (Fsp3) is 0.692. The Morgan fingerprint density at radius 2 is 2.04 bits per heavy atom. The lowest BCUT2D eigenvalue weighted by Gasteiger charge is -2.35. The molecule has 0 aromatic carbocycles. The van der Waals surface area contributed by atoms with E-state index in [1.807, 2.05) is 6.92 Å². The average molecular weight is 344 g/mol. The van der Waals surface area contributed by atoms with Crippen molar-refractivity contribution in [3.05, 3.63) is 5.01 Å². The van der Waals surface area contributed by atoms with Gasteiger partial charge in [0.25, 0.3) is 6.47 Å². The number of likely N-dealkylation sites (N-methyl/N-ethyl adjacent to an activating group) is 1. The average Bonchev–Trinajstić information content (AvgIpc) is 2.93. The topological polar surface area (TPSA) is 125 Å². The van der Waals surface area contributed by atoms with E-state index in [-0.39, 0.29) is 18.4 Å². The van der Waals surface area contributed by atoms with Crippen LogP contribution >= 0.6 is 11.3 Å². The highest BCUT2D eigenvalue weighted by Crippen LogP contribution is 2.11. The number of carbonyl (C=O) groups is 2. The van der Waals surface area contributed by atoms with Gasteiger partial charge in [-0.15, -0.1) is 10.2 Å². The molecule has 130 valence electrons. The molecule has 1 unspecified atom stereocenters. The Hall–Kier alpha value is -1.78. The Bertz CT molecular complexity index is 490. The van der Waals surface area contributed by atoms with E-state index in [9.17, 15) is 4.79 Å².